The van der Waals surface area contributed by atoms with Gasteiger partial charge in [-0.15, -0.1) is 0 Å². The molecule has 0 fully saturated rings. The third-order valence-electron chi connectivity index (χ3n) is 3.95. The van der Waals surface area contributed by atoms with Crippen molar-refractivity contribution in [3.05, 3.63) is 59.9 Å². The summed E-state index contributed by atoms with van der Waals surface area (Å²) in [6.45, 7) is 3.79. The first-order valence-corrected chi connectivity index (χ1v) is 10.7. The third-order valence-corrected chi connectivity index (χ3v) is 4.88. The molecule has 2 rings (SSSR count). The lowest BCUT2D eigenvalue weighted by Gasteiger charge is -2.06. The molecule has 0 aliphatic heterocycles. The number of carbonyl (C=O) groups excluding carboxylic acids is 1. The predicted molar refractivity (Wildman–Crippen MR) is 115 cm³/mol. The van der Waals surface area contributed by atoms with Gasteiger partial charge in [-0.2, -0.15) is 0 Å². The van der Waals surface area contributed by atoms with E-state index in [9.17, 15) is 18.3 Å². The number of hydrogen-bond acceptors (Lipinski definition) is 7. The van der Waals surface area contributed by atoms with Crippen LogP contribution >= 0.6 is 0 Å². The monoisotopic (exact) mass is 431 g/mol. The van der Waals surface area contributed by atoms with Crippen LogP contribution in [0.25, 0.3) is 6.08 Å². The number of amides is 1. The normalized spacial score (nSPS) is 13.3. The number of nitrogens with zero attached hydrogens (tertiary/aromatic N) is 2. The molecule has 0 spiro atoms. The molecule has 0 radical (unpaired) electrons. The zero-order valence-electron chi connectivity index (χ0n) is 16.7. The number of aliphatic hydroxyl groups is 1. The first-order chi connectivity index (χ1) is 14.1. The Kier molecular flexibility index (Phi) is 8.22. The zero-order chi connectivity index (χ0) is 22.1. The smallest absolute Gasteiger partial charge is 0.246 e. The van der Waals surface area contributed by atoms with Gasteiger partial charge < -0.3 is 15.7 Å². The minimum absolute atomic E-state index is 0.0226. The number of benzene rings is 1. The highest BCUT2D eigenvalue weighted by Crippen LogP contribution is 2.16. The number of anilines is 2. The van der Waals surface area contributed by atoms with Crippen molar-refractivity contribution in [3.63, 3.8) is 0 Å². The van der Waals surface area contributed by atoms with Crippen molar-refractivity contribution >= 4 is 33.6 Å². The van der Waals surface area contributed by atoms with Crippen LogP contribution in [0.15, 0.2) is 59.3 Å². The number of hydrogen-bond donors (Lipinski definition) is 4. The Labute approximate surface area is 175 Å². The summed E-state index contributed by atoms with van der Waals surface area (Å²) in [5.74, 6) is 0.157. The molecule has 1 aromatic heterocycles. The molecular formula is C20H25N5O4S. The van der Waals surface area contributed by atoms with E-state index in [4.69, 9.17) is 5.14 Å². The van der Waals surface area contributed by atoms with E-state index >= 15 is 0 Å². The Morgan fingerprint density at radius 3 is 2.43 bits per heavy atom. The lowest BCUT2D eigenvalue weighted by molar-refractivity contribution is -0.117. The number of aromatic nitrogens is 2. The third kappa shape index (κ3) is 7.74. The van der Waals surface area contributed by atoms with Crippen molar-refractivity contribution in [2.45, 2.75) is 31.3 Å². The molecule has 1 heterocycles. The largest absolute Gasteiger partial charge is 0.393 e. The molecule has 1 unspecified atom stereocenters. The predicted octanol–water partition coefficient (Wildman–Crippen LogP) is 1.71. The summed E-state index contributed by atoms with van der Waals surface area (Å²) in [6, 6.07) is 5.92. The summed E-state index contributed by atoms with van der Waals surface area (Å²) in [6.07, 6.45) is 8.43. The van der Waals surface area contributed by atoms with Crippen LogP contribution in [-0.2, 0) is 14.8 Å². The van der Waals surface area contributed by atoms with Gasteiger partial charge in [0.1, 0.15) is 0 Å². The van der Waals surface area contributed by atoms with E-state index in [1.165, 1.54) is 12.1 Å². The lowest BCUT2D eigenvalue weighted by Crippen LogP contribution is -2.27. The van der Waals surface area contributed by atoms with E-state index in [0.29, 0.717) is 30.2 Å². The van der Waals surface area contributed by atoms with E-state index in [0.717, 1.165) is 5.56 Å². The lowest BCUT2D eigenvalue weighted by atomic mass is 10.2. The van der Waals surface area contributed by atoms with Gasteiger partial charge in [-0.05, 0) is 44.5 Å². The number of nitrogens with one attached hydrogen (secondary N) is 2. The van der Waals surface area contributed by atoms with E-state index in [1.807, 2.05) is 0 Å². The number of carbonyl (C=O) groups is 1. The summed E-state index contributed by atoms with van der Waals surface area (Å²) < 4.78 is 22.5. The van der Waals surface area contributed by atoms with Gasteiger partial charge in [-0.1, -0.05) is 18.2 Å². The van der Waals surface area contributed by atoms with Crippen molar-refractivity contribution in [1.82, 2.24) is 15.3 Å². The molecule has 1 amide bonds. The molecule has 5 N–H and O–H groups in total. The van der Waals surface area contributed by atoms with Crippen LogP contribution < -0.4 is 15.8 Å². The standard InChI is InChI=1S/C20H25N5O4S/c1-14(19(27)22-11-10-15(2)26)4-3-5-16-12-23-20(24-13-16)25-17-6-8-18(9-7-17)30(21,28)29/h3-9,12-13,15,26H,10-11H2,1-2H3,(H,22,27)(H2,21,28,29)(H,23,24,25)/b5-3-,14-4+. The highest BCUT2D eigenvalue weighted by Gasteiger charge is 2.07. The fourth-order valence-corrected chi connectivity index (χ4v) is 2.77. The molecule has 1 aromatic carbocycles. The minimum atomic E-state index is -3.73. The van der Waals surface area contributed by atoms with Crippen LogP contribution in [0.5, 0.6) is 0 Å². The maximum absolute atomic E-state index is 11.9. The molecule has 1 atom stereocenters. The van der Waals surface area contributed by atoms with Gasteiger partial charge in [0.25, 0.3) is 0 Å². The Balaban J connectivity index is 1.91. The molecule has 0 saturated heterocycles. The molecular weight excluding hydrogens is 406 g/mol. The van der Waals surface area contributed by atoms with Crippen LogP contribution in [-0.4, -0.2) is 42.0 Å². The van der Waals surface area contributed by atoms with Crippen LogP contribution in [0.3, 0.4) is 0 Å². The Morgan fingerprint density at radius 2 is 1.87 bits per heavy atom. The van der Waals surface area contributed by atoms with Crippen molar-refractivity contribution in [3.8, 4) is 0 Å². The van der Waals surface area contributed by atoms with Crippen molar-refractivity contribution in [2.24, 2.45) is 5.14 Å². The van der Waals surface area contributed by atoms with Crippen molar-refractivity contribution < 1.29 is 18.3 Å². The van der Waals surface area contributed by atoms with Crippen LogP contribution in [0, 0.1) is 0 Å². The Morgan fingerprint density at radius 1 is 1.23 bits per heavy atom. The van der Waals surface area contributed by atoms with Gasteiger partial charge in [-0.25, -0.2) is 23.5 Å². The van der Waals surface area contributed by atoms with Gasteiger partial charge in [0, 0.05) is 35.8 Å². The Hall–Kier alpha value is -3.08. The summed E-state index contributed by atoms with van der Waals surface area (Å²) >= 11 is 0. The second-order valence-corrected chi connectivity index (χ2v) is 8.20. The maximum Gasteiger partial charge on any atom is 0.246 e. The average molecular weight is 432 g/mol. The molecule has 2 aromatic rings. The van der Waals surface area contributed by atoms with Gasteiger partial charge in [0.15, 0.2) is 0 Å². The second kappa shape index (κ2) is 10.6. The van der Waals surface area contributed by atoms with Gasteiger partial charge in [0.05, 0.1) is 11.0 Å². The van der Waals surface area contributed by atoms with Gasteiger partial charge in [-0.3, -0.25) is 4.79 Å². The number of sulfonamides is 1. The van der Waals surface area contributed by atoms with E-state index < -0.39 is 16.1 Å². The Bertz CT molecular complexity index is 1010. The summed E-state index contributed by atoms with van der Waals surface area (Å²) in [5.41, 5.74) is 1.90. The number of allylic oxidation sites excluding steroid dienone is 2. The molecule has 0 aliphatic rings. The fraction of sp³-hybridized carbons (Fsp3) is 0.250. The zero-order valence-corrected chi connectivity index (χ0v) is 17.6. The molecule has 30 heavy (non-hydrogen) atoms. The SMILES string of the molecule is C/C(=C\C=C/c1cnc(Nc2ccc(S(N)(=O)=O)cc2)nc1)C(=O)NCCC(C)O. The molecule has 0 saturated carbocycles. The van der Waals surface area contributed by atoms with E-state index in [2.05, 4.69) is 20.6 Å². The number of aliphatic hydroxyl groups excluding tert-OH is 1. The second-order valence-electron chi connectivity index (χ2n) is 6.64. The molecule has 9 nitrogen and oxygen atoms in total. The fourth-order valence-electron chi connectivity index (χ4n) is 2.26. The number of primary sulfonamides is 1. The van der Waals surface area contributed by atoms with Gasteiger partial charge in [0.2, 0.25) is 21.9 Å². The summed E-state index contributed by atoms with van der Waals surface area (Å²) in [4.78, 5) is 20.3. The molecule has 160 valence electrons. The van der Waals surface area contributed by atoms with Crippen LogP contribution in [0.2, 0.25) is 0 Å². The topological polar surface area (TPSA) is 147 Å². The van der Waals surface area contributed by atoms with Crippen molar-refractivity contribution in [1.29, 1.82) is 0 Å². The molecule has 10 heteroatoms. The van der Waals surface area contributed by atoms with Crippen molar-refractivity contribution in [2.75, 3.05) is 11.9 Å². The quantitative estimate of drug-likeness (QED) is 0.349. The van der Waals surface area contributed by atoms with Gasteiger partial charge >= 0.3 is 0 Å². The van der Waals surface area contributed by atoms with Crippen LogP contribution in [0.4, 0.5) is 11.6 Å². The summed E-state index contributed by atoms with van der Waals surface area (Å²) in [5, 5.41) is 20.0. The molecule has 0 bridgehead atoms. The maximum atomic E-state index is 11.9. The van der Waals surface area contributed by atoms with E-state index in [-0.39, 0.29) is 10.8 Å². The first kappa shape index (κ1) is 23.2. The number of nitrogens with two attached hydrogens (primary N) is 1. The summed E-state index contributed by atoms with van der Waals surface area (Å²) in [7, 11) is -3.73. The van der Waals surface area contributed by atoms with E-state index in [1.54, 1.807) is 56.6 Å². The highest BCUT2D eigenvalue weighted by atomic mass is 32.2. The molecule has 0 aliphatic carbocycles. The highest BCUT2D eigenvalue weighted by molar-refractivity contribution is 7.89. The average Bonchev–Trinajstić information content (AvgIpc) is 2.68. The first-order valence-electron chi connectivity index (χ1n) is 9.18. The minimum Gasteiger partial charge on any atom is -0.393 e. The number of rotatable bonds is 9. The van der Waals surface area contributed by atoms with Crippen LogP contribution in [0.1, 0.15) is 25.8 Å².